The number of nitriles is 1. The third-order valence-electron chi connectivity index (χ3n) is 4.83. The Hall–Kier alpha value is -3.20. The van der Waals surface area contributed by atoms with Gasteiger partial charge < -0.3 is 5.32 Å². The zero-order valence-electron chi connectivity index (χ0n) is 14.4. The molecule has 6 nitrogen and oxygen atoms in total. The Labute approximate surface area is 151 Å². The molecule has 2 heterocycles. The summed E-state index contributed by atoms with van der Waals surface area (Å²) in [5.74, 6) is -0.332. The fourth-order valence-electron chi connectivity index (χ4n) is 3.47. The molecule has 1 N–H and O–H groups in total. The molecule has 0 atom stereocenters. The van der Waals surface area contributed by atoms with E-state index in [1.54, 1.807) is 18.2 Å². The number of pyridine rings is 1. The minimum Gasteiger partial charge on any atom is -0.321 e. The molecule has 1 fully saturated rings. The first-order valence-corrected chi connectivity index (χ1v) is 8.90. The average molecular weight is 345 g/mol. The van der Waals surface area contributed by atoms with Crippen LogP contribution in [0.4, 0.5) is 5.69 Å². The minimum absolute atomic E-state index is 0.224. The molecular formula is C20H19N5O. The molecule has 1 saturated carbocycles. The smallest absolute Gasteiger partial charge is 0.274 e. The summed E-state index contributed by atoms with van der Waals surface area (Å²) in [6.45, 7) is 0. The Morgan fingerprint density at radius 3 is 2.85 bits per heavy atom. The van der Waals surface area contributed by atoms with Gasteiger partial charge in [-0.05, 0) is 43.2 Å². The molecule has 4 rings (SSSR count). The molecule has 0 aliphatic heterocycles. The Morgan fingerprint density at radius 2 is 2.04 bits per heavy atom. The fourth-order valence-corrected chi connectivity index (χ4v) is 3.47. The first-order chi connectivity index (χ1) is 12.7. The SMILES string of the molecule is N#Cc1cccc(C(=O)Nc2ccc3nn(C4CCCCC4)cc3c2)n1. The Morgan fingerprint density at radius 1 is 1.19 bits per heavy atom. The summed E-state index contributed by atoms with van der Waals surface area (Å²) in [5.41, 5.74) is 2.07. The summed E-state index contributed by atoms with van der Waals surface area (Å²) in [6.07, 6.45) is 8.26. The minimum atomic E-state index is -0.332. The summed E-state index contributed by atoms with van der Waals surface area (Å²) in [4.78, 5) is 16.4. The number of nitrogens with zero attached hydrogens (tertiary/aromatic N) is 4. The highest BCUT2D eigenvalue weighted by Crippen LogP contribution is 2.29. The Balaban J connectivity index is 1.55. The van der Waals surface area contributed by atoms with Crippen LogP contribution < -0.4 is 5.32 Å². The molecule has 0 spiro atoms. The molecule has 2 aromatic heterocycles. The van der Waals surface area contributed by atoms with E-state index in [0.717, 1.165) is 10.9 Å². The van der Waals surface area contributed by atoms with E-state index in [1.165, 1.54) is 32.1 Å². The summed E-state index contributed by atoms with van der Waals surface area (Å²) in [5, 5.41) is 17.5. The van der Waals surface area contributed by atoms with Crippen molar-refractivity contribution in [1.29, 1.82) is 5.26 Å². The van der Waals surface area contributed by atoms with Gasteiger partial charge in [0.15, 0.2) is 0 Å². The van der Waals surface area contributed by atoms with Gasteiger partial charge in [-0.25, -0.2) is 4.98 Å². The number of fused-ring (bicyclic) bond motifs is 1. The number of hydrogen-bond donors (Lipinski definition) is 1. The van der Waals surface area contributed by atoms with E-state index in [9.17, 15) is 4.79 Å². The maximum atomic E-state index is 12.4. The van der Waals surface area contributed by atoms with E-state index >= 15 is 0 Å². The molecule has 1 amide bonds. The standard InChI is InChI=1S/C20H19N5O/c21-12-16-5-4-8-19(22-16)20(26)23-15-9-10-18-14(11-15)13-25(24-18)17-6-2-1-3-7-17/h4-5,8-11,13,17H,1-3,6-7H2,(H,23,26). The summed E-state index contributed by atoms with van der Waals surface area (Å²) in [6, 6.07) is 12.9. The van der Waals surface area contributed by atoms with Gasteiger partial charge in [-0.3, -0.25) is 9.48 Å². The van der Waals surface area contributed by atoms with Gasteiger partial charge in [-0.15, -0.1) is 0 Å². The van der Waals surface area contributed by atoms with Crippen LogP contribution >= 0.6 is 0 Å². The van der Waals surface area contributed by atoms with E-state index in [2.05, 4.69) is 21.2 Å². The molecule has 130 valence electrons. The quantitative estimate of drug-likeness (QED) is 0.776. The van der Waals surface area contributed by atoms with E-state index < -0.39 is 0 Å². The molecule has 1 aliphatic carbocycles. The van der Waals surface area contributed by atoms with Gasteiger partial charge in [0, 0.05) is 17.3 Å². The van der Waals surface area contributed by atoms with Crippen molar-refractivity contribution in [1.82, 2.24) is 14.8 Å². The van der Waals surface area contributed by atoms with Crippen LogP contribution in [0.25, 0.3) is 10.9 Å². The van der Waals surface area contributed by atoms with Gasteiger partial charge in [-0.2, -0.15) is 10.4 Å². The van der Waals surface area contributed by atoms with Crippen molar-refractivity contribution < 1.29 is 4.79 Å². The van der Waals surface area contributed by atoms with Gasteiger partial charge in [0.1, 0.15) is 17.5 Å². The number of anilines is 1. The normalized spacial score (nSPS) is 14.9. The first kappa shape index (κ1) is 16.3. The molecule has 6 heteroatoms. The molecule has 1 aromatic carbocycles. The van der Waals surface area contributed by atoms with Crippen LogP contribution in [0.5, 0.6) is 0 Å². The molecule has 1 aliphatic rings. The van der Waals surface area contributed by atoms with E-state index in [0.29, 0.717) is 11.7 Å². The van der Waals surface area contributed by atoms with Gasteiger partial charge in [0.05, 0.1) is 11.6 Å². The van der Waals surface area contributed by atoms with Crippen molar-refractivity contribution in [3.8, 4) is 6.07 Å². The second-order valence-electron chi connectivity index (χ2n) is 6.65. The largest absolute Gasteiger partial charge is 0.321 e. The van der Waals surface area contributed by atoms with Crippen LogP contribution in [0.15, 0.2) is 42.6 Å². The van der Waals surface area contributed by atoms with Gasteiger partial charge in [0.2, 0.25) is 0 Å². The van der Waals surface area contributed by atoms with Crippen molar-refractivity contribution in [2.75, 3.05) is 5.32 Å². The van der Waals surface area contributed by atoms with Crippen molar-refractivity contribution in [3.05, 3.63) is 54.0 Å². The van der Waals surface area contributed by atoms with E-state index in [-0.39, 0.29) is 17.3 Å². The topological polar surface area (TPSA) is 83.6 Å². The lowest BCUT2D eigenvalue weighted by molar-refractivity contribution is 0.102. The number of amides is 1. The number of rotatable bonds is 3. The second-order valence-corrected chi connectivity index (χ2v) is 6.65. The highest BCUT2D eigenvalue weighted by molar-refractivity contribution is 6.03. The lowest BCUT2D eigenvalue weighted by Gasteiger charge is -2.21. The average Bonchev–Trinajstić information content (AvgIpc) is 3.12. The molecular weight excluding hydrogens is 326 g/mol. The van der Waals surface area contributed by atoms with Crippen LogP contribution in [0.3, 0.4) is 0 Å². The summed E-state index contributed by atoms with van der Waals surface area (Å²) in [7, 11) is 0. The summed E-state index contributed by atoms with van der Waals surface area (Å²) < 4.78 is 2.08. The third-order valence-corrected chi connectivity index (χ3v) is 4.83. The molecule has 26 heavy (non-hydrogen) atoms. The molecule has 0 bridgehead atoms. The molecule has 3 aromatic rings. The van der Waals surface area contributed by atoms with Gasteiger partial charge in [0.25, 0.3) is 5.91 Å². The van der Waals surface area contributed by atoms with Crippen LogP contribution in [0.1, 0.15) is 54.3 Å². The van der Waals surface area contributed by atoms with Crippen LogP contribution in [-0.4, -0.2) is 20.7 Å². The first-order valence-electron chi connectivity index (χ1n) is 8.90. The van der Waals surface area contributed by atoms with Gasteiger partial charge >= 0.3 is 0 Å². The summed E-state index contributed by atoms with van der Waals surface area (Å²) >= 11 is 0. The van der Waals surface area contributed by atoms with Gasteiger partial charge in [-0.1, -0.05) is 25.3 Å². The second kappa shape index (κ2) is 6.96. The van der Waals surface area contributed by atoms with E-state index in [4.69, 9.17) is 10.4 Å². The number of carbonyl (C=O) groups is 1. The number of nitrogens with one attached hydrogen (secondary N) is 1. The number of carbonyl (C=O) groups excluding carboxylic acids is 1. The van der Waals surface area contributed by atoms with Crippen LogP contribution in [-0.2, 0) is 0 Å². The number of benzene rings is 1. The third kappa shape index (κ3) is 3.29. The molecule has 0 saturated heterocycles. The zero-order chi connectivity index (χ0) is 17.9. The molecule has 0 unspecified atom stereocenters. The maximum Gasteiger partial charge on any atom is 0.274 e. The van der Waals surface area contributed by atoms with E-state index in [1.807, 2.05) is 24.3 Å². The van der Waals surface area contributed by atoms with Crippen molar-refractivity contribution in [2.45, 2.75) is 38.1 Å². The maximum absolute atomic E-state index is 12.4. The predicted molar refractivity (Wildman–Crippen MR) is 98.8 cm³/mol. The van der Waals surface area contributed by atoms with Crippen molar-refractivity contribution >= 4 is 22.5 Å². The van der Waals surface area contributed by atoms with Crippen molar-refractivity contribution in [3.63, 3.8) is 0 Å². The number of hydrogen-bond acceptors (Lipinski definition) is 4. The zero-order valence-corrected chi connectivity index (χ0v) is 14.4. The Bertz CT molecular complexity index is 995. The Kier molecular flexibility index (Phi) is 4.36. The lowest BCUT2D eigenvalue weighted by Crippen LogP contribution is -2.13. The lowest BCUT2D eigenvalue weighted by atomic mass is 9.96. The van der Waals surface area contributed by atoms with Crippen molar-refractivity contribution in [2.24, 2.45) is 0 Å². The fraction of sp³-hybridized carbons (Fsp3) is 0.300. The predicted octanol–water partition coefficient (Wildman–Crippen LogP) is 4.06. The monoisotopic (exact) mass is 345 g/mol. The highest BCUT2D eigenvalue weighted by atomic mass is 16.1. The molecule has 0 radical (unpaired) electrons. The highest BCUT2D eigenvalue weighted by Gasteiger charge is 2.17. The number of aromatic nitrogens is 3. The van der Waals surface area contributed by atoms with Crippen LogP contribution in [0, 0.1) is 11.3 Å². The van der Waals surface area contributed by atoms with Crippen LogP contribution in [0.2, 0.25) is 0 Å².